The number of aliphatic hydroxyl groups is 1. The molecule has 0 saturated carbocycles. The van der Waals surface area contributed by atoms with Gasteiger partial charge in [0.25, 0.3) is 0 Å². The average molecular weight is 283 g/mol. The van der Waals surface area contributed by atoms with Gasteiger partial charge < -0.3 is 10.4 Å². The molecule has 2 aromatic carbocycles. The van der Waals surface area contributed by atoms with Crippen LogP contribution >= 0.6 is 0 Å². The Morgan fingerprint density at radius 1 is 0.952 bits per heavy atom. The van der Waals surface area contributed by atoms with E-state index in [4.69, 9.17) is 0 Å². The number of nitrogens with one attached hydrogen (secondary N) is 1. The van der Waals surface area contributed by atoms with E-state index in [1.54, 1.807) is 0 Å². The van der Waals surface area contributed by atoms with Gasteiger partial charge in [-0.25, -0.2) is 0 Å². The van der Waals surface area contributed by atoms with Crippen LogP contribution in [0, 0.1) is 5.41 Å². The number of aliphatic hydroxyl groups excluding tert-OH is 1. The Labute approximate surface area is 127 Å². The molecular formula is C19H25NO. The van der Waals surface area contributed by atoms with Crippen molar-refractivity contribution in [3.8, 4) is 0 Å². The predicted molar refractivity (Wildman–Crippen MR) is 88.2 cm³/mol. The highest BCUT2D eigenvalue weighted by molar-refractivity contribution is 5.22. The lowest BCUT2D eigenvalue weighted by Crippen LogP contribution is -2.34. The van der Waals surface area contributed by atoms with Gasteiger partial charge in [-0.15, -0.1) is 0 Å². The van der Waals surface area contributed by atoms with Crippen molar-refractivity contribution in [2.75, 3.05) is 13.2 Å². The van der Waals surface area contributed by atoms with Gasteiger partial charge in [0.15, 0.2) is 0 Å². The fraction of sp³-hybridized carbons (Fsp3) is 0.368. The molecule has 112 valence electrons. The first-order chi connectivity index (χ1) is 10.1. The van der Waals surface area contributed by atoms with Crippen LogP contribution in [0.5, 0.6) is 0 Å². The van der Waals surface area contributed by atoms with E-state index in [0.29, 0.717) is 0 Å². The summed E-state index contributed by atoms with van der Waals surface area (Å²) in [5.74, 6) is 0.285. The zero-order chi connectivity index (χ0) is 15.1. The van der Waals surface area contributed by atoms with Gasteiger partial charge >= 0.3 is 0 Å². The molecule has 0 spiro atoms. The molecule has 0 aliphatic rings. The maximum atomic E-state index is 9.71. The van der Waals surface area contributed by atoms with Gasteiger partial charge in [-0.05, 0) is 16.5 Å². The van der Waals surface area contributed by atoms with E-state index < -0.39 is 0 Å². The Balaban J connectivity index is 2.03. The van der Waals surface area contributed by atoms with Gasteiger partial charge in [-0.1, -0.05) is 74.5 Å². The fourth-order valence-corrected chi connectivity index (χ4v) is 2.60. The second kappa shape index (κ2) is 7.39. The molecule has 0 radical (unpaired) electrons. The Kier molecular flexibility index (Phi) is 5.54. The third kappa shape index (κ3) is 4.42. The molecule has 2 nitrogen and oxygen atoms in total. The molecule has 0 aromatic heterocycles. The lowest BCUT2D eigenvalue weighted by Gasteiger charge is -2.33. The van der Waals surface area contributed by atoms with Crippen LogP contribution in [0.4, 0.5) is 0 Å². The third-order valence-corrected chi connectivity index (χ3v) is 4.07. The highest BCUT2D eigenvalue weighted by Gasteiger charge is 2.29. The van der Waals surface area contributed by atoms with Crippen molar-refractivity contribution in [3.63, 3.8) is 0 Å². The van der Waals surface area contributed by atoms with Gasteiger partial charge in [0.2, 0.25) is 0 Å². The zero-order valence-electron chi connectivity index (χ0n) is 12.9. The molecule has 2 rings (SSSR count). The maximum Gasteiger partial charge on any atom is 0.0488 e. The van der Waals surface area contributed by atoms with Gasteiger partial charge in [0.1, 0.15) is 0 Å². The largest absolute Gasteiger partial charge is 0.396 e. The minimum absolute atomic E-state index is 0.148. The van der Waals surface area contributed by atoms with Crippen LogP contribution in [-0.2, 0) is 6.54 Å². The number of benzene rings is 2. The van der Waals surface area contributed by atoms with E-state index in [9.17, 15) is 5.11 Å². The van der Waals surface area contributed by atoms with Crippen LogP contribution in [0.1, 0.15) is 30.9 Å². The van der Waals surface area contributed by atoms with Crippen molar-refractivity contribution < 1.29 is 5.11 Å². The molecule has 21 heavy (non-hydrogen) atoms. The third-order valence-electron chi connectivity index (χ3n) is 4.07. The minimum atomic E-state index is -0.148. The summed E-state index contributed by atoms with van der Waals surface area (Å²) in [5, 5.41) is 13.2. The normalized spacial score (nSPS) is 13.1. The monoisotopic (exact) mass is 283 g/mol. The first-order valence-corrected chi connectivity index (χ1v) is 7.54. The highest BCUT2D eigenvalue weighted by atomic mass is 16.3. The summed E-state index contributed by atoms with van der Waals surface area (Å²) in [7, 11) is 0. The Morgan fingerprint density at radius 2 is 1.52 bits per heavy atom. The molecule has 2 aromatic rings. The van der Waals surface area contributed by atoms with Crippen molar-refractivity contribution >= 4 is 0 Å². The van der Waals surface area contributed by atoms with E-state index in [1.165, 1.54) is 11.1 Å². The summed E-state index contributed by atoms with van der Waals surface area (Å²) in [6, 6.07) is 20.9. The van der Waals surface area contributed by atoms with Crippen LogP contribution in [0.3, 0.4) is 0 Å². The smallest absolute Gasteiger partial charge is 0.0488 e. The van der Waals surface area contributed by atoms with E-state index in [-0.39, 0.29) is 17.9 Å². The summed E-state index contributed by atoms with van der Waals surface area (Å²) < 4.78 is 0. The average Bonchev–Trinajstić information content (AvgIpc) is 2.53. The SMILES string of the molecule is CC(C)(CO)C(CNCc1ccccc1)c1ccccc1. The van der Waals surface area contributed by atoms with Crippen LogP contribution in [0.2, 0.25) is 0 Å². The van der Waals surface area contributed by atoms with Gasteiger partial charge in [0.05, 0.1) is 0 Å². The van der Waals surface area contributed by atoms with E-state index >= 15 is 0 Å². The van der Waals surface area contributed by atoms with Crippen molar-refractivity contribution in [1.82, 2.24) is 5.32 Å². The van der Waals surface area contributed by atoms with E-state index in [1.807, 2.05) is 12.1 Å². The Hall–Kier alpha value is -1.64. The topological polar surface area (TPSA) is 32.3 Å². The molecule has 0 bridgehead atoms. The standard InChI is InChI=1S/C19H25NO/c1-19(2,15-21)18(17-11-7-4-8-12-17)14-20-13-16-9-5-3-6-10-16/h3-12,18,20-21H,13-15H2,1-2H3. The van der Waals surface area contributed by atoms with Gasteiger partial charge in [0, 0.05) is 25.6 Å². The first-order valence-electron chi connectivity index (χ1n) is 7.54. The molecule has 1 unspecified atom stereocenters. The maximum absolute atomic E-state index is 9.71. The van der Waals surface area contributed by atoms with Crippen molar-refractivity contribution in [3.05, 3.63) is 71.8 Å². The Bertz CT molecular complexity index is 522. The van der Waals surface area contributed by atoms with Crippen molar-refractivity contribution in [2.24, 2.45) is 5.41 Å². The van der Waals surface area contributed by atoms with Crippen LogP contribution in [0.15, 0.2) is 60.7 Å². The van der Waals surface area contributed by atoms with Crippen molar-refractivity contribution in [1.29, 1.82) is 0 Å². The molecule has 0 saturated heterocycles. The van der Waals surface area contributed by atoms with Crippen LogP contribution < -0.4 is 5.32 Å². The number of hydrogen-bond donors (Lipinski definition) is 2. The molecule has 0 aliphatic heterocycles. The van der Waals surface area contributed by atoms with Gasteiger partial charge in [-0.2, -0.15) is 0 Å². The van der Waals surface area contributed by atoms with E-state index in [2.05, 4.69) is 67.7 Å². The molecule has 0 heterocycles. The summed E-state index contributed by atoms with van der Waals surface area (Å²) >= 11 is 0. The number of hydrogen-bond acceptors (Lipinski definition) is 2. The molecular weight excluding hydrogens is 258 g/mol. The molecule has 2 N–H and O–H groups in total. The molecule has 1 atom stereocenters. The number of rotatable bonds is 7. The lowest BCUT2D eigenvalue weighted by molar-refractivity contribution is 0.129. The minimum Gasteiger partial charge on any atom is -0.396 e. The zero-order valence-corrected chi connectivity index (χ0v) is 12.9. The van der Waals surface area contributed by atoms with Crippen molar-refractivity contribution in [2.45, 2.75) is 26.3 Å². The first kappa shape index (κ1) is 15.7. The van der Waals surface area contributed by atoms with Crippen LogP contribution in [-0.4, -0.2) is 18.3 Å². The molecule has 0 aliphatic carbocycles. The Morgan fingerprint density at radius 3 is 2.10 bits per heavy atom. The molecule has 0 amide bonds. The second-order valence-corrected chi connectivity index (χ2v) is 6.23. The summed E-state index contributed by atoms with van der Waals surface area (Å²) in [4.78, 5) is 0. The summed E-state index contributed by atoms with van der Waals surface area (Å²) in [5.41, 5.74) is 2.41. The second-order valence-electron chi connectivity index (χ2n) is 6.23. The lowest BCUT2D eigenvalue weighted by atomic mass is 9.75. The quantitative estimate of drug-likeness (QED) is 0.814. The molecule has 0 fully saturated rings. The van der Waals surface area contributed by atoms with Crippen LogP contribution in [0.25, 0.3) is 0 Å². The fourth-order valence-electron chi connectivity index (χ4n) is 2.60. The molecule has 2 heteroatoms. The predicted octanol–water partition coefficient (Wildman–Crippen LogP) is 3.58. The van der Waals surface area contributed by atoms with E-state index in [0.717, 1.165) is 13.1 Å². The summed E-state index contributed by atoms with van der Waals surface area (Å²) in [6.07, 6.45) is 0. The highest BCUT2D eigenvalue weighted by Crippen LogP contribution is 2.34. The van der Waals surface area contributed by atoms with Gasteiger partial charge in [-0.3, -0.25) is 0 Å². The summed E-state index contributed by atoms with van der Waals surface area (Å²) in [6.45, 7) is 6.13.